The molecule has 0 aromatic heterocycles. The lowest BCUT2D eigenvalue weighted by atomic mass is 10.2. The van der Waals surface area contributed by atoms with E-state index in [-0.39, 0.29) is 11.0 Å². The second-order valence-corrected chi connectivity index (χ2v) is 8.32. The van der Waals surface area contributed by atoms with Crippen molar-refractivity contribution in [2.75, 3.05) is 5.32 Å². The van der Waals surface area contributed by atoms with Gasteiger partial charge >= 0.3 is 0 Å². The van der Waals surface area contributed by atoms with Crippen molar-refractivity contribution >= 4 is 75.3 Å². The quantitative estimate of drug-likeness (QED) is 0.246. The van der Waals surface area contributed by atoms with Gasteiger partial charge in [0.1, 0.15) is 6.17 Å². The lowest BCUT2D eigenvalue weighted by Crippen LogP contribution is -2.56. The number of anilines is 1. The highest BCUT2D eigenvalue weighted by atomic mass is 35.6. The zero-order valence-electron chi connectivity index (χ0n) is 13.0. The van der Waals surface area contributed by atoms with Gasteiger partial charge in [0, 0.05) is 17.1 Å². The summed E-state index contributed by atoms with van der Waals surface area (Å²) in [5.41, 5.74) is 0.678. The fourth-order valence-corrected chi connectivity index (χ4v) is 2.59. The maximum absolute atomic E-state index is 12.0. The number of thiocarbonyl (C=S) groups is 1. The van der Waals surface area contributed by atoms with Crippen molar-refractivity contribution in [1.82, 2.24) is 10.6 Å². The van der Waals surface area contributed by atoms with E-state index in [2.05, 4.69) is 22.9 Å². The minimum atomic E-state index is -1.76. The summed E-state index contributed by atoms with van der Waals surface area (Å²) in [4.78, 5) is 12.0. The van der Waals surface area contributed by atoms with Gasteiger partial charge in [0.05, 0.1) is 0 Å². The molecule has 0 heterocycles. The van der Waals surface area contributed by atoms with E-state index < -0.39 is 9.96 Å². The largest absolute Gasteiger partial charge is 0.339 e. The fourth-order valence-electron chi connectivity index (χ4n) is 1.83. The number of nitrogens with one attached hydrogen (secondary N) is 3. The number of hydrogen-bond donors (Lipinski definition) is 3. The summed E-state index contributed by atoms with van der Waals surface area (Å²) in [6.45, 7) is 2.06. The molecule has 0 aliphatic rings. The van der Waals surface area contributed by atoms with Crippen LogP contribution in [-0.2, 0) is 4.79 Å². The van der Waals surface area contributed by atoms with Crippen LogP contribution in [0.25, 0.3) is 0 Å². The number of carbonyl (C=O) groups is 1. The van der Waals surface area contributed by atoms with Gasteiger partial charge in [-0.3, -0.25) is 4.79 Å². The molecule has 1 aromatic carbocycles. The molecular weight excluding hydrogens is 412 g/mol. The van der Waals surface area contributed by atoms with Crippen LogP contribution in [0, 0.1) is 0 Å². The first kappa shape index (κ1) is 21.6. The molecule has 0 saturated carbocycles. The van der Waals surface area contributed by atoms with Crippen molar-refractivity contribution in [2.45, 2.75) is 42.6 Å². The van der Waals surface area contributed by atoms with Crippen molar-refractivity contribution in [1.29, 1.82) is 0 Å². The molecule has 1 rings (SSSR count). The van der Waals surface area contributed by atoms with Crippen LogP contribution >= 0.6 is 58.6 Å². The van der Waals surface area contributed by atoms with E-state index in [4.69, 9.17) is 58.6 Å². The monoisotopic (exact) mass is 429 g/mol. The zero-order valence-corrected chi connectivity index (χ0v) is 16.9. The van der Waals surface area contributed by atoms with Gasteiger partial charge in [-0.1, -0.05) is 72.2 Å². The summed E-state index contributed by atoms with van der Waals surface area (Å²) in [6.07, 6.45) is 2.17. The Morgan fingerprint density at radius 1 is 1.25 bits per heavy atom. The van der Waals surface area contributed by atoms with E-state index >= 15 is 0 Å². The summed E-state index contributed by atoms with van der Waals surface area (Å²) in [5, 5.41) is 9.12. The summed E-state index contributed by atoms with van der Waals surface area (Å²) in [7, 11) is 0. The third-order valence-electron chi connectivity index (χ3n) is 3.00. The third kappa shape index (κ3) is 8.58. The predicted molar refractivity (Wildman–Crippen MR) is 107 cm³/mol. The van der Waals surface area contributed by atoms with Crippen molar-refractivity contribution < 1.29 is 4.79 Å². The molecule has 0 aliphatic carbocycles. The summed E-state index contributed by atoms with van der Waals surface area (Å²) < 4.78 is -1.76. The molecule has 4 nitrogen and oxygen atoms in total. The van der Waals surface area contributed by atoms with Crippen LogP contribution in [0.4, 0.5) is 5.69 Å². The minimum Gasteiger partial charge on any atom is -0.339 e. The lowest BCUT2D eigenvalue weighted by Gasteiger charge is -2.27. The molecule has 24 heavy (non-hydrogen) atoms. The maximum Gasteiger partial charge on any atom is 0.228 e. The van der Waals surface area contributed by atoms with Crippen molar-refractivity contribution in [3.05, 3.63) is 29.3 Å². The maximum atomic E-state index is 12.0. The van der Waals surface area contributed by atoms with Gasteiger partial charge in [-0.05, 0) is 36.8 Å². The van der Waals surface area contributed by atoms with Gasteiger partial charge in [-0.2, -0.15) is 0 Å². The molecule has 0 fully saturated rings. The molecule has 134 valence electrons. The Bertz CT molecular complexity index is 566. The number of benzene rings is 1. The first-order valence-electron chi connectivity index (χ1n) is 7.41. The van der Waals surface area contributed by atoms with Gasteiger partial charge < -0.3 is 16.0 Å². The standard InChI is InChI=1S/C15H19Cl4N3OS/c1-2-3-4-8-12(23)21-13(15(17,18)19)22-14(24)20-11-7-5-6-10(16)9-11/h5-7,9,13H,2-4,8H2,1H3,(H,21,23)(H2,20,22,24)/t13-/m1/s1. The molecule has 1 atom stereocenters. The Morgan fingerprint density at radius 2 is 1.96 bits per heavy atom. The van der Waals surface area contributed by atoms with Gasteiger partial charge in [0.15, 0.2) is 5.11 Å². The summed E-state index contributed by atoms with van der Waals surface area (Å²) in [5.74, 6) is -0.210. The van der Waals surface area contributed by atoms with Crippen LogP contribution < -0.4 is 16.0 Å². The molecule has 0 spiro atoms. The van der Waals surface area contributed by atoms with Gasteiger partial charge in [-0.25, -0.2) is 0 Å². The van der Waals surface area contributed by atoms with E-state index in [1.807, 2.05) is 0 Å². The second kappa shape index (κ2) is 10.5. The summed E-state index contributed by atoms with van der Waals surface area (Å²) >= 11 is 28.9. The molecule has 0 bridgehead atoms. The molecule has 0 unspecified atom stereocenters. The van der Waals surface area contributed by atoms with Crippen LogP contribution in [0.2, 0.25) is 5.02 Å². The van der Waals surface area contributed by atoms with Crippen molar-refractivity contribution in [3.8, 4) is 0 Å². The van der Waals surface area contributed by atoms with Gasteiger partial charge in [0.2, 0.25) is 9.70 Å². The highest BCUT2D eigenvalue weighted by molar-refractivity contribution is 7.80. The Morgan fingerprint density at radius 3 is 2.54 bits per heavy atom. The lowest BCUT2D eigenvalue weighted by molar-refractivity contribution is -0.122. The van der Waals surface area contributed by atoms with E-state index in [1.54, 1.807) is 24.3 Å². The first-order chi connectivity index (χ1) is 11.2. The number of hydrogen-bond acceptors (Lipinski definition) is 2. The second-order valence-electron chi connectivity index (χ2n) is 5.11. The molecule has 0 aliphatic heterocycles. The number of amides is 1. The number of halogens is 4. The number of rotatable bonds is 7. The van der Waals surface area contributed by atoms with E-state index in [0.29, 0.717) is 17.1 Å². The van der Waals surface area contributed by atoms with Crippen LogP contribution in [-0.4, -0.2) is 21.0 Å². The Balaban J connectivity index is 2.62. The van der Waals surface area contributed by atoms with Gasteiger partial charge in [-0.15, -0.1) is 0 Å². The van der Waals surface area contributed by atoms with Crippen molar-refractivity contribution in [2.24, 2.45) is 0 Å². The molecule has 0 saturated heterocycles. The smallest absolute Gasteiger partial charge is 0.228 e. The minimum absolute atomic E-state index is 0.197. The average Bonchev–Trinajstić information content (AvgIpc) is 2.45. The first-order valence-corrected chi connectivity index (χ1v) is 9.33. The molecule has 1 aromatic rings. The van der Waals surface area contributed by atoms with Gasteiger partial charge in [0.25, 0.3) is 0 Å². The summed E-state index contributed by atoms with van der Waals surface area (Å²) in [6, 6.07) is 7.00. The van der Waals surface area contributed by atoms with E-state index in [9.17, 15) is 4.79 Å². The molecule has 3 N–H and O–H groups in total. The number of alkyl halides is 3. The molecule has 9 heteroatoms. The topological polar surface area (TPSA) is 53.2 Å². The van der Waals surface area contributed by atoms with E-state index in [1.165, 1.54) is 0 Å². The van der Waals surface area contributed by atoms with Crippen LogP contribution in [0.1, 0.15) is 32.6 Å². The predicted octanol–water partition coefficient (Wildman–Crippen LogP) is 5.02. The Hall–Kier alpha value is -0.460. The van der Waals surface area contributed by atoms with E-state index in [0.717, 1.165) is 19.3 Å². The fraction of sp³-hybridized carbons (Fsp3) is 0.467. The normalized spacial score (nSPS) is 12.4. The highest BCUT2D eigenvalue weighted by Gasteiger charge is 2.34. The Labute approximate surface area is 167 Å². The number of carbonyl (C=O) groups excluding carboxylic acids is 1. The zero-order chi connectivity index (χ0) is 18.2. The highest BCUT2D eigenvalue weighted by Crippen LogP contribution is 2.29. The van der Waals surface area contributed by atoms with Crippen LogP contribution in [0.5, 0.6) is 0 Å². The average molecular weight is 431 g/mol. The molecule has 1 amide bonds. The van der Waals surface area contributed by atoms with Crippen LogP contribution in [0.3, 0.4) is 0 Å². The Kier molecular flexibility index (Phi) is 9.45. The molecule has 0 radical (unpaired) electrons. The molecular formula is C15H19Cl4N3OS. The third-order valence-corrected chi connectivity index (χ3v) is 4.11. The SMILES string of the molecule is CCCCCC(=O)N[C@H](NC(=S)Nc1cccc(Cl)c1)C(Cl)(Cl)Cl. The number of unbranched alkanes of at least 4 members (excludes halogenated alkanes) is 2. The van der Waals surface area contributed by atoms with Crippen LogP contribution in [0.15, 0.2) is 24.3 Å². The van der Waals surface area contributed by atoms with Crippen molar-refractivity contribution in [3.63, 3.8) is 0 Å².